The predicted octanol–water partition coefficient (Wildman–Crippen LogP) is 2.51. The Kier molecular flexibility index (Phi) is 2.59. The van der Waals surface area contributed by atoms with Crippen LogP contribution in [0.25, 0.3) is 0 Å². The molecule has 1 aromatic rings. The number of hydrogen-bond donors (Lipinski definition) is 0. The third-order valence-electron chi connectivity index (χ3n) is 1.95. The van der Waals surface area contributed by atoms with E-state index in [1.165, 1.54) is 0 Å². The van der Waals surface area contributed by atoms with Gasteiger partial charge in [-0.25, -0.2) is 4.99 Å². The smallest absolute Gasteiger partial charge is 0.123 e. The van der Waals surface area contributed by atoms with Crippen molar-refractivity contribution in [3.8, 4) is 0 Å². The van der Waals surface area contributed by atoms with Crippen LogP contribution in [0.15, 0.2) is 32.8 Å². The van der Waals surface area contributed by atoms with Crippen LogP contribution < -0.4 is 0 Å². The second-order valence-electron chi connectivity index (χ2n) is 3.26. The lowest BCUT2D eigenvalue weighted by atomic mass is 10.4. The highest BCUT2D eigenvalue weighted by Gasteiger charge is 2.09. The van der Waals surface area contributed by atoms with Gasteiger partial charge in [0.2, 0.25) is 0 Å². The molecule has 14 heavy (non-hydrogen) atoms. The van der Waals surface area contributed by atoms with Gasteiger partial charge in [0.1, 0.15) is 11.5 Å². The summed E-state index contributed by atoms with van der Waals surface area (Å²) in [6.45, 7) is 3.34. The number of aryl methyl sites for hydroxylation is 1. The Morgan fingerprint density at radius 1 is 1.57 bits per heavy atom. The van der Waals surface area contributed by atoms with E-state index in [4.69, 9.17) is 16.0 Å². The molecule has 3 nitrogen and oxygen atoms in total. The Morgan fingerprint density at radius 2 is 2.43 bits per heavy atom. The third kappa shape index (κ3) is 2.17. The molecule has 0 aliphatic carbocycles. The van der Waals surface area contributed by atoms with Gasteiger partial charge < -0.3 is 9.32 Å². The molecule has 1 aromatic heterocycles. The molecule has 2 heterocycles. The first-order valence-corrected chi connectivity index (χ1v) is 4.79. The first-order chi connectivity index (χ1) is 6.74. The van der Waals surface area contributed by atoms with Crippen molar-refractivity contribution in [1.82, 2.24) is 4.90 Å². The zero-order valence-corrected chi connectivity index (χ0v) is 8.66. The first kappa shape index (κ1) is 9.34. The second kappa shape index (κ2) is 3.88. The van der Waals surface area contributed by atoms with E-state index >= 15 is 0 Å². The van der Waals surface area contributed by atoms with E-state index in [0.717, 1.165) is 16.6 Å². The highest BCUT2D eigenvalue weighted by atomic mass is 35.5. The summed E-state index contributed by atoms with van der Waals surface area (Å²) in [5, 5.41) is 0.746. The van der Waals surface area contributed by atoms with Crippen molar-refractivity contribution in [3.63, 3.8) is 0 Å². The highest BCUT2D eigenvalue weighted by molar-refractivity contribution is 6.30. The second-order valence-corrected chi connectivity index (χ2v) is 3.74. The van der Waals surface area contributed by atoms with Crippen LogP contribution in [-0.4, -0.2) is 17.8 Å². The molecule has 1 aliphatic rings. The van der Waals surface area contributed by atoms with E-state index in [2.05, 4.69) is 4.99 Å². The van der Waals surface area contributed by atoms with Crippen molar-refractivity contribution < 1.29 is 4.42 Å². The minimum atomic E-state index is 0.699. The van der Waals surface area contributed by atoms with Gasteiger partial charge in [-0.05, 0) is 19.1 Å². The lowest BCUT2D eigenvalue weighted by Crippen LogP contribution is -2.24. The summed E-state index contributed by atoms with van der Waals surface area (Å²) in [5.74, 6) is 1.86. The van der Waals surface area contributed by atoms with Crippen LogP contribution in [0.5, 0.6) is 0 Å². The van der Waals surface area contributed by atoms with E-state index in [0.29, 0.717) is 13.1 Å². The molecule has 0 fully saturated rings. The molecular formula is C10H11ClN2O. The Morgan fingerprint density at radius 3 is 3.07 bits per heavy atom. The Balaban J connectivity index is 1.99. The van der Waals surface area contributed by atoms with Gasteiger partial charge in [-0.1, -0.05) is 11.6 Å². The van der Waals surface area contributed by atoms with Gasteiger partial charge in [0.05, 0.1) is 24.5 Å². The lowest BCUT2D eigenvalue weighted by molar-refractivity contribution is 0.382. The molecule has 2 rings (SSSR count). The molecular weight excluding hydrogens is 200 g/mol. The Hall–Kier alpha value is -1.22. The molecule has 74 valence electrons. The quantitative estimate of drug-likeness (QED) is 0.751. The fraction of sp³-hybridized carbons (Fsp3) is 0.300. The van der Waals surface area contributed by atoms with Crippen molar-refractivity contribution in [2.24, 2.45) is 4.99 Å². The van der Waals surface area contributed by atoms with Gasteiger partial charge >= 0.3 is 0 Å². The van der Waals surface area contributed by atoms with E-state index in [9.17, 15) is 0 Å². The van der Waals surface area contributed by atoms with Gasteiger partial charge in [-0.3, -0.25) is 0 Å². The van der Waals surface area contributed by atoms with Crippen molar-refractivity contribution in [3.05, 3.63) is 34.9 Å². The van der Waals surface area contributed by atoms with E-state index in [-0.39, 0.29) is 0 Å². The van der Waals surface area contributed by atoms with Crippen molar-refractivity contribution in [1.29, 1.82) is 0 Å². The standard InChI is InChI=1S/C10H11ClN2O/c1-8-2-3-10(14-8)6-13-5-9(11)4-12-7-13/h2-4,7H,5-6H2,1H3. The van der Waals surface area contributed by atoms with Crippen LogP contribution in [-0.2, 0) is 6.54 Å². The molecule has 0 bridgehead atoms. The maximum Gasteiger partial charge on any atom is 0.123 e. The van der Waals surface area contributed by atoms with Crippen LogP contribution in [0.2, 0.25) is 0 Å². The van der Waals surface area contributed by atoms with E-state index < -0.39 is 0 Å². The van der Waals surface area contributed by atoms with Crippen LogP contribution in [0.1, 0.15) is 11.5 Å². The summed E-state index contributed by atoms with van der Waals surface area (Å²) < 4.78 is 5.46. The average Bonchev–Trinajstić information content (AvgIpc) is 2.51. The topological polar surface area (TPSA) is 28.7 Å². The van der Waals surface area contributed by atoms with Crippen LogP contribution in [0.4, 0.5) is 0 Å². The molecule has 0 saturated heterocycles. The molecule has 0 unspecified atom stereocenters. The molecule has 0 saturated carbocycles. The van der Waals surface area contributed by atoms with E-state index in [1.54, 1.807) is 12.5 Å². The normalized spacial score (nSPS) is 15.9. The fourth-order valence-electron chi connectivity index (χ4n) is 1.35. The molecule has 0 radical (unpaired) electrons. The van der Waals surface area contributed by atoms with Gasteiger partial charge in [-0.15, -0.1) is 0 Å². The average molecular weight is 211 g/mol. The summed E-state index contributed by atoms with van der Waals surface area (Å²) in [5.41, 5.74) is 0. The fourth-order valence-corrected chi connectivity index (χ4v) is 1.56. The summed E-state index contributed by atoms with van der Waals surface area (Å²) in [6, 6.07) is 3.92. The number of nitrogens with zero attached hydrogens (tertiary/aromatic N) is 2. The van der Waals surface area contributed by atoms with Gasteiger partial charge in [0, 0.05) is 6.20 Å². The zero-order valence-electron chi connectivity index (χ0n) is 7.90. The Labute approximate surface area is 87.7 Å². The minimum Gasteiger partial charge on any atom is -0.464 e. The number of aliphatic imine (C=N–C) groups is 1. The number of halogens is 1. The van der Waals surface area contributed by atoms with Crippen molar-refractivity contribution >= 4 is 17.9 Å². The predicted molar refractivity (Wildman–Crippen MR) is 56.3 cm³/mol. The molecule has 0 aromatic carbocycles. The Bertz CT molecular complexity index is 381. The van der Waals surface area contributed by atoms with Crippen LogP contribution >= 0.6 is 11.6 Å². The summed E-state index contributed by atoms with van der Waals surface area (Å²) >= 11 is 5.86. The number of rotatable bonds is 2. The molecule has 0 atom stereocenters. The van der Waals surface area contributed by atoms with Crippen LogP contribution in [0.3, 0.4) is 0 Å². The maximum absolute atomic E-state index is 5.86. The largest absolute Gasteiger partial charge is 0.464 e. The van der Waals surface area contributed by atoms with Gasteiger partial charge in [0.25, 0.3) is 0 Å². The van der Waals surface area contributed by atoms with E-state index in [1.807, 2.05) is 24.0 Å². The van der Waals surface area contributed by atoms with Gasteiger partial charge in [-0.2, -0.15) is 0 Å². The summed E-state index contributed by atoms with van der Waals surface area (Å²) in [4.78, 5) is 6.01. The molecule has 1 aliphatic heterocycles. The lowest BCUT2D eigenvalue weighted by Gasteiger charge is -2.19. The zero-order chi connectivity index (χ0) is 9.97. The van der Waals surface area contributed by atoms with Gasteiger partial charge in [0.15, 0.2) is 0 Å². The molecule has 0 spiro atoms. The van der Waals surface area contributed by atoms with Crippen molar-refractivity contribution in [2.75, 3.05) is 6.54 Å². The molecule has 0 N–H and O–H groups in total. The summed E-state index contributed by atoms with van der Waals surface area (Å²) in [7, 11) is 0. The van der Waals surface area contributed by atoms with Crippen LogP contribution in [0, 0.1) is 6.92 Å². The summed E-state index contributed by atoms with van der Waals surface area (Å²) in [6.07, 6.45) is 3.43. The number of hydrogen-bond acceptors (Lipinski definition) is 3. The minimum absolute atomic E-state index is 0.699. The SMILES string of the molecule is Cc1ccc(CN2C=NC=C(Cl)C2)o1. The molecule has 4 heteroatoms. The third-order valence-corrected chi connectivity index (χ3v) is 2.17. The monoisotopic (exact) mass is 210 g/mol. The number of furan rings is 1. The highest BCUT2D eigenvalue weighted by Crippen LogP contribution is 2.13. The molecule has 0 amide bonds. The first-order valence-electron chi connectivity index (χ1n) is 4.41. The van der Waals surface area contributed by atoms with Crippen molar-refractivity contribution in [2.45, 2.75) is 13.5 Å². The maximum atomic E-state index is 5.86.